The van der Waals surface area contributed by atoms with E-state index >= 15 is 0 Å². The van der Waals surface area contributed by atoms with Gasteiger partial charge in [0.1, 0.15) is 18.8 Å². The fraction of sp³-hybridized carbons (Fsp3) is 0.389. The predicted octanol–water partition coefficient (Wildman–Crippen LogP) is 2.09. The molecule has 7 nitrogen and oxygen atoms in total. The van der Waals surface area contributed by atoms with E-state index in [2.05, 4.69) is 14.9 Å². The van der Waals surface area contributed by atoms with Crippen molar-refractivity contribution in [3.8, 4) is 11.6 Å². The highest BCUT2D eigenvalue weighted by Crippen LogP contribution is 2.25. The van der Waals surface area contributed by atoms with Crippen molar-refractivity contribution >= 4 is 11.7 Å². The van der Waals surface area contributed by atoms with Gasteiger partial charge in [-0.1, -0.05) is 12.1 Å². The summed E-state index contributed by atoms with van der Waals surface area (Å²) >= 11 is 0. The third-order valence-corrected chi connectivity index (χ3v) is 4.22. The number of hydrogen-bond acceptors (Lipinski definition) is 6. The van der Waals surface area contributed by atoms with Gasteiger partial charge in [0.2, 0.25) is 11.8 Å². The normalized spacial score (nSPS) is 17.3. The fourth-order valence-electron chi connectivity index (χ4n) is 2.94. The largest absolute Gasteiger partial charge is 0.436 e. The molecular formula is C18H21FN4O3. The lowest BCUT2D eigenvalue weighted by Gasteiger charge is -2.40. The fourth-order valence-corrected chi connectivity index (χ4v) is 2.94. The number of hydrogen-bond donors (Lipinski definition) is 0. The van der Waals surface area contributed by atoms with E-state index in [0.717, 1.165) is 0 Å². The molecule has 0 bridgehead atoms. The minimum absolute atomic E-state index is 0.0223. The maximum atomic E-state index is 13.7. The number of carbonyl (C=O) groups excluding carboxylic acids is 1. The van der Waals surface area contributed by atoms with E-state index < -0.39 is 5.82 Å². The van der Waals surface area contributed by atoms with Crippen molar-refractivity contribution < 1.29 is 18.7 Å². The molecule has 0 aliphatic carbocycles. The van der Waals surface area contributed by atoms with Gasteiger partial charge in [0, 0.05) is 38.9 Å². The molecule has 2 aromatic rings. The highest BCUT2D eigenvalue weighted by Gasteiger charge is 2.28. The van der Waals surface area contributed by atoms with Crippen LogP contribution in [-0.4, -0.2) is 60.2 Å². The van der Waals surface area contributed by atoms with Gasteiger partial charge in [0.05, 0.1) is 0 Å². The molecule has 138 valence electrons. The lowest BCUT2D eigenvalue weighted by molar-refractivity contribution is -0.137. The molecule has 1 atom stereocenters. The lowest BCUT2D eigenvalue weighted by Crippen LogP contribution is -2.55. The minimum Gasteiger partial charge on any atom is -0.436 e. The van der Waals surface area contributed by atoms with E-state index in [0.29, 0.717) is 25.5 Å². The SMILES string of the molecule is COCC(=O)N1CCN(c2cc(Oc3ccccc3F)ncn2)C[C@@H]1C. The van der Waals surface area contributed by atoms with Gasteiger partial charge in [0.25, 0.3) is 0 Å². The van der Waals surface area contributed by atoms with Crippen LogP contribution >= 0.6 is 0 Å². The topological polar surface area (TPSA) is 67.8 Å². The van der Waals surface area contributed by atoms with Crippen LogP contribution in [0.4, 0.5) is 10.2 Å². The van der Waals surface area contributed by atoms with E-state index in [1.165, 1.54) is 19.5 Å². The number of ether oxygens (including phenoxy) is 2. The molecule has 3 rings (SSSR count). The highest BCUT2D eigenvalue weighted by molar-refractivity contribution is 5.78. The van der Waals surface area contributed by atoms with Crippen molar-refractivity contribution in [2.45, 2.75) is 13.0 Å². The number of halogens is 1. The summed E-state index contributed by atoms with van der Waals surface area (Å²) in [5, 5.41) is 0. The molecule has 8 heteroatoms. The number of methoxy groups -OCH3 is 1. The first-order valence-electron chi connectivity index (χ1n) is 8.36. The standard InChI is InChI=1S/C18H21FN4O3/c1-13-10-22(7-8-23(13)18(24)11-25-2)16-9-17(21-12-20-16)26-15-6-4-3-5-14(15)19/h3-6,9,12-13H,7-8,10-11H2,1-2H3/t13-/m0/s1. The van der Waals surface area contributed by atoms with Crippen LogP contribution in [-0.2, 0) is 9.53 Å². The predicted molar refractivity (Wildman–Crippen MR) is 93.8 cm³/mol. The Labute approximate surface area is 151 Å². The number of para-hydroxylation sites is 1. The number of piperazine rings is 1. The smallest absolute Gasteiger partial charge is 0.248 e. The van der Waals surface area contributed by atoms with E-state index in [-0.39, 0.29) is 30.2 Å². The average Bonchev–Trinajstić information content (AvgIpc) is 2.64. The molecule has 1 saturated heterocycles. The summed E-state index contributed by atoms with van der Waals surface area (Å²) in [6.45, 7) is 3.91. The van der Waals surface area contributed by atoms with Gasteiger partial charge >= 0.3 is 0 Å². The number of anilines is 1. The van der Waals surface area contributed by atoms with Crippen LogP contribution in [0.1, 0.15) is 6.92 Å². The molecule has 26 heavy (non-hydrogen) atoms. The number of benzene rings is 1. The minimum atomic E-state index is -0.452. The van der Waals surface area contributed by atoms with E-state index in [4.69, 9.17) is 9.47 Å². The molecule has 1 aliphatic rings. The summed E-state index contributed by atoms with van der Waals surface area (Å²) in [5.74, 6) is 0.584. The molecular weight excluding hydrogens is 339 g/mol. The molecule has 1 amide bonds. The summed E-state index contributed by atoms with van der Waals surface area (Å²) < 4.78 is 24.2. The van der Waals surface area contributed by atoms with Crippen LogP contribution in [0.3, 0.4) is 0 Å². The third-order valence-electron chi connectivity index (χ3n) is 4.22. The third kappa shape index (κ3) is 4.08. The maximum Gasteiger partial charge on any atom is 0.248 e. The van der Waals surface area contributed by atoms with Crippen molar-refractivity contribution in [1.29, 1.82) is 0 Å². The number of amides is 1. The van der Waals surface area contributed by atoms with E-state index in [9.17, 15) is 9.18 Å². The van der Waals surface area contributed by atoms with Crippen LogP contribution in [0, 0.1) is 5.82 Å². The Hall–Kier alpha value is -2.74. The number of aromatic nitrogens is 2. The Kier molecular flexibility index (Phi) is 5.62. The first kappa shape index (κ1) is 18.1. The molecule has 1 aromatic carbocycles. The van der Waals surface area contributed by atoms with E-state index in [1.807, 2.05) is 6.92 Å². The molecule has 0 N–H and O–H groups in total. The van der Waals surface area contributed by atoms with Gasteiger partial charge in [-0.3, -0.25) is 4.79 Å². The number of carbonyl (C=O) groups is 1. The van der Waals surface area contributed by atoms with Gasteiger partial charge in [-0.25, -0.2) is 14.4 Å². The first-order chi connectivity index (χ1) is 12.6. The number of nitrogens with zero attached hydrogens (tertiary/aromatic N) is 4. The van der Waals surface area contributed by atoms with Crippen molar-refractivity contribution in [3.05, 3.63) is 42.5 Å². The zero-order valence-electron chi connectivity index (χ0n) is 14.8. The monoisotopic (exact) mass is 360 g/mol. The zero-order valence-corrected chi connectivity index (χ0v) is 14.8. The second kappa shape index (κ2) is 8.09. The van der Waals surface area contributed by atoms with Crippen LogP contribution in [0.5, 0.6) is 11.6 Å². The second-order valence-corrected chi connectivity index (χ2v) is 6.06. The summed E-state index contributed by atoms with van der Waals surface area (Å²) in [4.78, 5) is 24.2. The van der Waals surface area contributed by atoms with Crippen molar-refractivity contribution in [3.63, 3.8) is 0 Å². The summed E-state index contributed by atoms with van der Waals surface area (Å²) in [6, 6.07) is 7.86. The molecule has 0 saturated carbocycles. The van der Waals surface area contributed by atoms with Crippen LogP contribution < -0.4 is 9.64 Å². The quantitative estimate of drug-likeness (QED) is 0.813. The maximum absolute atomic E-state index is 13.7. The van der Waals surface area contributed by atoms with Crippen LogP contribution in [0.2, 0.25) is 0 Å². The molecule has 0 unspecified atom stereocenters. The molecule has 0 spiro atoms. The van der Waals surface area contributed by atoms with Crippen LogP contribution in [0.25, 0.3) is 0 Å². The molecule has 1 aromatic heterocycles. The average molecular weight is 360 g/mol. The van der Waals surface area contributed by atoms with Crippen LogP contribution in [0.15, 0.2) is 36.7 Å². The van der Waals surface area contributed by atoms with Gasteiger partial charge in [-0.05, 0) is 19.1 Å². The van der Waals surface area contributed by atoms with Gasteiger partial charge < -0.3 is 19.3 Å². The first-order valence-corrected chi connectivity index (χ1v) is 8.36. The summed E-state index contributed by atoms with van der Waals surface area (Å²) in [5.41, 5.74) is 0. The second-order valence-electron chi connectivity index (χ2n) is 6.06. The number of rotatable bonds is 5. The van der Waals surface area contributed by atoms with Crippen molar-refractivity contribution in [1.82, 2.24) is 14.9 Å². The molecule has 1 fully saturated rings. The molecule has 0 radical (unpaired) electrons. The van der Waals surface area contributed by atoms with E-state index in [1.54, 1.807) is 29.2 Å². The zero-order chi connectivity index (χ0) is 18.5. The summed E-state index contributed by atoms with van der Waals surface area (Å²) in [6.07, 6.45) is 1.39. The Morgan fingerprint density at radius 3 is 2.85 bits per heavy atom. The summed E-state index contributed by atoms with van der Waals surface area (Å²) in [7, 11) is 1.51. The van der Waals surface area contributed by atoms with Gasteiger partial charge in [-0.15, -0.1) is 0 Å². The van der Waals surface area contributed by atoms with Gasteiger partial charge in [-0.2, -0.15) is 0 Å². The Morgan fingerprint density at radius 1 is 1.31 bits per heavy atom. The van der Waals surface area contributed by atoms with Crippen molar-refractivity contribution in [2.24, 2.45) is 0 Å². The Bertz CT molecular complexity index is 774. The highest BCUT2D eigenvalue weighted by atomic mass is 19.1. The molecule has 1 aliphatic heterocycles. The Balaban J connectivity index is 1.69. The van der Waals surface area contributed by atoms with Crippen molar-refractivity contribution in [2.75, 3.05) is 38.3 Å². The van der Waals surface area contributed by atoms with Gasteiger partial charge in [0.15, 0.2) is 11.6 Å². The lowest BCUT2D eigenvalue weighted by atomic mass is 10.2. The molecule has 2 heterocycles. The Morgan fingerprint density at radius 2 is 2.12 bits per heavy atom.